The molecule has 7 rings (SSSR count). The van der Waals surface area contributed by atoms with E-state index in [9.17, 15) is 31.1 Å². The fourth-order valence-electron chi connectivity index (χ4n) is 7.66. The molecular formula is C33H32F7N7O2S. The van der Waals surface area contributed by atoms with Gasteiger partial charge in [-0.1, -0.05) is 17.9 Å². The molecule has 50 heavy (non-hydrogen) atoms. The number of nitrogen functional groups attached to an aromatic ring is 1. The van der Waals surface area contributed by atoms with Crippen LogP contribution in [-0.2, 0) is 11.0 Å². The normalized spacial score (nSPS) is 24.4. The quantitative estimate of drug-likeness (QED) is 0.175. The maximum atomic E-state index is 17.0. The van der Waals surface area contributed by atoms with E-state index < -0.39 is 70.0 Å². The molecule has 0 saturated carbocycles. The Morgan fingerprint density at radius 2 is 1.88 bits per heavy atom. The van der Waals surface area contributed by atoms with Gasteiger partial charge in [-0.3, -0.25) is 9.69 Å². The number of ether oxygens (including phenoxy) is 1. The van der Waals surface area contributed by atoms with Crippen LogP contribution in [0, 0.1) is 11.6 Å². The molecule has 17 heteroatoms. The molecule has 4 atom stereocenters. The van der Waals surface area contributed by atoms with Crippen molar-refractivity contribution in [3.05, 3.63) is 47.8 Å². The number of carbonyl (C=O) groups excluding carboxylic acids is 1. The molecule has 3 aliphatic heterocycles. The molecule has 5 heterocycles. The van der Waals surface area contributed by atoms with Gasteiger partial charge < -0.3 is 20.3 Å². The molecule has 3 aliphatic rings. The summed E-state index contributed by atoms with van der Waals surface area (Å²) in [5.41, 5.74) is 1.74. The lowest BCUT2D eigenvalue weighted by Crippen LogP contribution is -2.58. The first kappa shape index (κ1) is 34.2. The van der Waals surface area contributed by atoms with Crippen molar-refractivity contribution >= 4 is 49.3 Å². The van der Waals surface area contributed by atoms with Crippen molar-refractivity contribution in [2.24, 2.45) is 0 Å². The highest BCUT2D eigenvalue weighted by molar-refractivity contribution is 7.22. The minimum absolute atomic E-state index is 0.0195. The lowest BCUT2D eigenvalue weighted by molar-refractivity contribution is -0.137. The van der Waals surface area contributed by atoms with E-state index in [1.54, 1.807) is 18.7 Å². The number of hydrogen-bond acceptors (Lipinski definition) is 9. The van der Waals surface area contributed by atoms with Gasteiger partial charge in [0, 0.05) is 54.7 Å². The van der Waals surface area contributed by atoms with E-state index in [2.05, 4.69) is 21.5 Å². The number of thiazole rings is 1. The van der Waals surface area contributed by atoms with Gasteiger partial charge in [-0.25, -0.2) is 22.5 Å². The fourth-order valence-corrected chi connectivity index (χ4v) is 8.43. The van der Waals surface area contributed by atoms with Crippen LogP contribution in [-0.4, -0.2) is 87.2 Å². The third-order valence-electron chi connectivity index (χ3n) is 9.96. The topological polar surface area (TPSA) is 101 Å². The second kappa shape index (κ2) is 12.2. The monoisotopic (exact) mass is 723 g/mol. The summed E-state index contributed by atoms with van der Waals surface area (Å²) in [7, 11) is 0. The third kappa shape index (κ3) is 5.67. The predicted molar refractivity (Wildman–Crippen MR) is 174 cm³/mol. The van der Waals surface area contributed by atoms with Crippen LogP contribution < -0.4 is 15.4 Å². The van der Waals surface area contributed by atoms with E-state index in [-0.39, 0.29) is 70.8 Å². The Balaban J connectivity index is 1.42. The molecule has 3 saturated heterocycles. The summed E-state index contributed by atoms with van der Waals surface area (Å²) in [4.78, 5) is 30.2. The first-order chi connectivity index (χ1) is 23.6. The lowest BCUT2D eigenvalue weighted by Gasteiger charge is -2.44. The van der Waals surface area contributed by atoms with Crippen molar-refractivity contribution < 1.29 is 40.3 Å². The maximum absolute atomic E-state index is 17.0. The Morgan fingerprint density at radius 1 is 1.12 bits per heavy atom. The van der Waals surface area contributed by atoms with Crippen LogP contribution in [0.25, 0.3) is 32.2 Å². The molecule has 0 spiro atoms. The summed E-state index contributed by atoms with van der Waals surface area (Å²) in [6, 6.07) is 1.02. The van der Waals surface area contributed by atoms with Gasteiger partial charge in [0.05, 0.1) is 21.3 Å². The van der Waals surface area contributed by atoms with Gasteiger partial charge in [-0.15, -0.1) is 0 Å². The highest BCUT2D eigenvalue weighted by atomic mass is 32.1. The first-order valence-corrected chi connectivity index (χ1v) is 16.8. The number of nitrogens with zero attached hydrogens (tertiary/aromatic N) is 6. The van der Waals surface area contributed by atoms with Crippen LogP contribution in [0.15, 0.2) is 30.6 Å². The molecule has 0 radical (unpaired) electrons. The molecule has 2 N–H and O–H groups in total. The van der Waals surface area contributed by atoms with Crippen LogP contribution in [0.2, 0.25) is 0 Å². The van der Waals surface area contributed by atoms with Crippen LogP contribution >= 0.6 is 11.3 Å². The minimum atomic E-state index is -5.11. The number of carbonyl (C=O) groups is 1. The largest absolute Gasteiger partial charge is 0.461 e. The predicted octanol–water partition coefficient (Wildman–Crippen LogP) is 6.65. The Morgan fingerprint density at radius 3 is 2.60 bits per heavy atom. The van der Waals surface area contributed by atoms with Crippen molar-refractivity contribution in [2.45, 2.75) is 63.1 Å². The zero-order chi connectivity index (χ0) is 35.9. The number of amides is 1. The second-order valence-electron chi connectivity index (χ2n) is 13.2. The number of piperazine rings is 1. The highest BCUT2D eigenvalue weighted by Crippen LogP contribution is 2.47. The van der Waals surface area contributed by atoms with E-state index in [0.29, 0.717) is 24.3 Å². The molecule has 0 bridgehead atoms. The van der Waals surface area contributed by atoms with Crippen LogP contribution in [0.1, 0.15) is 38.7 Å². The molecule has 1 amide bonds. The molecule has 4 aromatic rings. The molecule has 2 aromatic heterocycles. The van der Waals surface area contributed by atoms with E-state index in [4.69, 9.17) is 10.5 Å². The van der Waals surface area contributed by atoms with E-state index in [1.807, 2.05) is 4.90 Å². The number of halogens is 7. The summed E-state index contributed by atoms with van der Waals surface area (Å²) in [6.45, 7) is 7.17. The van der Waals surface area contributed by atoms with Crippen LogP contribution in [0.5, 0.6) is 6.01 Å². The maximum Gasteiger partial charge on any atom is 0.417 e. The first-order valence-electron chi connectivity index (χ1n) is 16.0. The third-order valence-corrected chi connectivity index (χ3v) is 10.9. The smallest absolute Gasteiger partial charge is 0.417 e. The molecule has 4 unspecified atom stereocenters. The number of hydrogen-bond donors (Lipinski definition) is 1. The Bertz CT molecular complexity index is 2040. The zero-order valence-corrected chi connectivity index (χ0v) is 27.8. The van der Waals surface area contributed by atoms with E-state index in [1.165, 1.54) is 4.90 Å². The molecular weight excluding hydrogens is 691 g/mol. The van der Waals surface area contributed by atoms with Crippen molar-refractivity contribution in [3.8, 4) is 17.1 Å². The van der Waals surface area contributed by atoms with Gasteiger partial charge in [0.15, 0.2) is 16.8 Å². The van der Waals surface area contributed by atoms with Gasteiger partial charge in [-0.05, 0) is 51.4 Å². The fraction of sp³-hybridized carbons (Fsp3) is 0.455. The number of fused-ring (bicyclic) bond motifs is 3. The summed E-state index contributed by atoms with van der Waals surface area (Å²) in [6.07, 6.45) is -4.51. The number of alkyl halides is 4. The molecule has 3 fully saturated rings. The summed E-state index contributed by atoms with van der Waals surface area (Å²) in [5, 5.41) is -0.428. The van der Waals surface area contributed by atoms with Gasteiger partial charge in [-0.2, -0.15) is 23.1 Å². The molecule has 266 valence electrons. The number of benzene rings is 2. The Kier molecular flexibility index (Phi) is 8.36. The average molecular weight is 724 g/mol. The van der Waals surface area contributed by atoms with Crippen LogP contribution in [0.3, 0.4) is 0 Å². The van der Waals surface area contributed by atoms with Gasteiger partial charge in [0.2, 0.25) is 0 Å². The van der Waals surface area contributed by atoms with Crippen molar-refractivity contribution in [1.82, 2.24) is 24.8 Å². The Hall–Kier alpha value is -4.25. The lowest BCUT2D eigenvalue weighted by atomic mass is 9.94. The van der Waals surface area contributed by atoms with Crippen molar-refractivity contribution in [2.75, 3.05) is 43.4 Å². The van der Waals surface area contributed by atoms with Crippen molar-refractivity contribution in [1.29, 1.82) is 0 Å². The number of anilines is 2. The van der Waals surface area contributed by atoms with Gasteiger partial charge >= 0.3 is 12.2 Å². The Labute approximate surface area is 285 Å². The zero-order valence-electron chi connectivity index (χ0n) is 27.0. The minimum Gasteiger partial charge on any atom is -0.461 e. The van der Waals surface area contributed by atoms with E-state index >= 15 is 4.39 Å². The van der Waals surface area contributed by atoms with Gasteiger partial charge in [0.25, 0.3) is 5.91 Å². The SMILES string of the molecule is C=C(F)C(=O)N1CC(C)N(c2nc(OCC34CCCN3CC(F)C4)nc3c(F)c(-c4ccc(F)c5sc(N)nc45)c(C(F)(F)F)cc23)CC1C. The molecule has 0 aliphatic carbocycles. The van der Waals surface area contributed by atoms with E-state index in [0.717, 1.165) is 24.6 Å². The average Bonchev–Trinajstić information content (AvgIpc) is 3.72. The summed E-state index contributed by atoms with van der Waals surface area (Å²) >= 11 is 0.712. The second-order valence-corrected chi connectivity index (χ2v) is 14.3. The summed E-state index contributed by atoms with van der Waals surface area (Å²) in [5.74, 6) is -4.36. The molecule has 9 nitrogen and oxygen atoms in total. The number of aromatic nitrogens is 3. The molecule has 2 aromatic carbocycles. The van der Waals surface area contributed by atoms with Gasteiger partial charge in [0.1, 0.15) is 29.9 Å². The summed E-state index contributed by atoms with van der Waals surface area (Å²) < 4.78 is 111. The number of rotatable bonds is 6. The highest BCUT2D eigenvalue weighted by Gasteiger charge is 2.49. The standard InChI is InChI=1S/C33H32F7N7O2S/c1-15-12-47(29(48)17(3)34)16(2)11-46(15)28-20-9-21(33(38,39)40)23(19-5-6-22(36)27-26(19)42-30(41)50-27)24(37)25(20)43-31(44-28)49-14-32-7-4-8-45(32)13-18(35)10-32/h5-6,9,15-16,18H,3-4,7-8,10-14H2,1-2H3,(H2,41,42). The van der Waals surface area contributed by atoms with Crippen molar-refractivity contribution in [3.63, 3.8) is 0 Å². The van der Waals surface area contributed by atoms with Crippen LogP contribution in [0.4, 0.5) is 41.7 Å². The number of nitrogens with two attached hydrogens (primary N) is 1.